The average molecular weight is 289 g/mol. The van der Waals surface area contributed by atoms with E-state index in [0.717, 1.165) is 11.1 Å². The number of benzene rings is 1. The molecule has 8 nitrogen and oxygen atoms in total. The maximum atomic E-state index is 11.1. The molecule has 1 amide bonds. The van der Waals surface area contributed by atoms with Gasteiger partial charge >= 0.3 is 5.82 Å². The Morgan fingerprint density at radius 2 is 2.00 bits per heavy atom. The van der Waals surface area contributed by atoms with Crippen molar-refractivity contribution in [3.8, 4) is 0 Å². The summed E-state index contributed by atoms with van der Waals surface area (Å²) in [6, 6.07) is 7.33. The standard InChI is InChI=1S/C13H15N5O3/c1-9-7-17(16-13(9)18(20)21)8-11-4-2-10(3-5-11)6-12(19)15-14/h2-5,7H,6,8,14H2,1H3,(H,15,19). The largest absolute Gasteiger partial charge is 0.392 e. The van der Waals surface area contributed by atoms with E-state index in [4.69, 9.17) is 5.84 Å². The van der Waals surface area contributed by atoms with E-state index in [0.29, 0.717) is 12.1 Å². The number of nitro groups is 1. The molecule has 0 radical (unpaired) electrons. The van der Waals surface area contributed by atoms with Crippen molar-refractivity contribution in [2.24, 2.45) is 5.84 Å². The minimum Gasteiger partial charge on any atom is -0.358 e. The zero-order valence-corrected chi connectivity index (χ0v) is 11.4. The summed E-state index contributed by atoms with van der Waals surface area (Å²) in [6.07, 6.45) is 1.84. The molecule has 1 aromatic carbocycles. The van der Waals surface area contributed by atoms with Gasteiger partial charge in [0.15, 0.2) is 0 Å². The molecule has 0 fully saturated rings. The van der Waals surface area contributed by atoms with Crippen LogP contribution in [-0.4, -0.2) is 20.6 Å². The van der Waals surface area contributed by atoms with E-state index in [1.165, 1.54) is 4.68 Å². The Labute approximate surface area is 120 Å². The van der Waals surface area contributed by atoms with Crippen molar-refractivity contribution >= 4 is 11.7 Å². The van der Waals surface area contributed by atoms with E-state index in [1.807, 2.05) is 24.3 Å². The molecule has 1 heterocycles. The number of nitrogens with one attached hydrogen (secondary N) is 1. The summed E-state index contributed by atoms with van der Waals surface area (Å²) in [5, 5.41) is 14.7. The van der Waals surface area contributed by atoms with Crippen LogP contribution in [0.1, 0.15) is 16.7 Å². The van der Waals surface area contributed by atoms with Gasteiger partial charge in [0.2, 0.25) is 5.91 Å². The molecule has 2 rings (SSSR count). The number of hydrogen-bond acceptors (Lipinski definition) is 5. The van der Waals surface area contributed by atoms with Gasteiger partial charge in [-0.3, -0.25) is 10.2 Å². The van der Waals surface area contributed by atoms with E-state index in [2.05, 4.69) is 10.5 Å². The van der Waals surface area contributed by atoms with Crippen molar-refractivity contribution < 1.29 is 9.72 Å². The Morgan fingerprint density at radius 1 is 1.38 bits per heavy atom. The molecule has 0 aliphatic carbocycles. The van der Waals surface area contributed by atoms with Crippen LogP contribution >= 0.6 is 0 Å². The van der Waals surface area contributed by atoms with Gasteiger partial charge in [-0.05, 0) is 23.0 Å². The molecule has 0 spiro atoms. The molecule has 0 aliphatic rings. The lowest BCUT2D eigenvalue weighted by molar-refractivity contribution is -0.390. The van der Waals surface area contributed by atoms with Crippen LogP contribution < -0.4 is 11.3 Å². The molecule has 0 saturated carbocycles. The number of carbonyl (C=O) groups excluding carboxylic acids is 1. The number of aromatic nitrogens is 2. The number of nitrogens with zero attached hydrogens (tertiary/aromatic N) is 3. The molecule has 110 valence electrons. The van der Waals surface area contributed by atoms with Crippen LogP contribution in [0.4, 0.5) is 5.82 Å². The van der Waals surface area contributed by atoms with Crippen LogP contribution in [0.25, 0.3) is 0 Å². The molecular weight excluding hydrogens is 274 g/mol. The van der Waals surface area contributed by atoms with Crippen molar-refractivity contribution in [2.75, 3.05) is 0 Å². The summed E-state index contributed by atoms with van der Waals surface area (Å²) < 4.78 is 1.52. The summed E-state index contributed by atoms with van der Waals surface area (Å²) in [6.45, 7) is 2.08. The van der Waals surface area contributed by atoms with E-state index in [1.54, 1.807) is 13.1 Å². The summed E-state index contributed by atoms with van der Waals surface area (Å²) in [7, 11) is 0. The second-order valence-corrected chi connectivity index (χ2v) is 4.65. The number of rotatable bonds is 5. The first-order valence-corrected chi connectivity index (χ1v) is 6.25. The third-order valence-electron chi connectivity index (χ3n) is 2.98. The topological polar surface area (TPSA) is 116 Å². The van der Waals surface area contributed by atoms with Gasteiger partial charge in [0.25, 0.3) is 0 Å². The normalized spacial score (nSPS) is 10.4. The predicted octanol–water partition coefficient (Wildman–Crippen LogP) is 0.680. The third kappa shape index (κ3) is 3.63. The van der Waals surface area contributed by atoms with E-state index in [-0.39, 0.29) is 18.1 Å². The maximum absolute atomic E-state index is 11.1. The number of carbonyl (C=O) groups is 1. The highest BCUT2D eigenvalue weighted by atomic mass is 16.6. The predicted molar refractivity (Wildman–Crippen MR) is 75.2 cm³/mol. The van der Waals surface area contributed by atoms with E-state index >= 15 is 0 Å². The zero-order chi connectivity index (χ0) is 15.4. The lowest BCUT2D eigenvalue weighted by atomic mass is 10.1. The van der Waals surface area contributed by atoms with Gasteiger partial charge in [0.1, 0.15) is 0 Å². The molecule has 0 saturated heterocycles. The Morgan fingerprint density at radius 3 is 2.52 bits per heavy atom. The van der Waals surface area contributed by atoms with Crippen LogP contribution in [0.15, 0.2) is 30.5 Å². The van der Waals surface area contributed by atoms with E-state index < -0.39 is 4.92 Å². The molecule has 0 bridgehead atoms. The van der Waals surface area contributed by atoms with Crippen LogP contribution in [0.3, 0.4) is 0 Å². The Balaban J connectivity index is 2.08. The molecule has 0 unspecified atom stereocenters. The smallest absolute Gasteiger partial charge is 0.358 e. The number of hydrazine groups is 1. The van der Waals surface area contributed by atoms with Crippen molar-refractivity contribution in [3.05, 3.63) is 57.3 Å². The quantitative estimate of drug-likeness (QED) is 0.363. The van der Waals surface area contributed by atoms with Gasteiger partial charge in [-0.1, -0.05) is 24.3 Å². The summed E-state index contributed by atoms with van der Waals surface area (Å²) in [5.74, 6) is 4.63. The summed E-state index contributed by atoms with van der Waals surface area (Å²) >= 11 is 0. The fourth-order valence-corrected chi connectivity index (χ4v) is 1.96. The van der Waals surface area contributed by atoms with Gasteiger partial charge in [-0.15, -0.1) is 0 Å². The zero-order valence-electron chi connectivity index (χ0n) is 11.4. The van der Waals surface area contributed by atoms with Gasteiger partial charge in [0, 0.05) is 0 Å². The molecular formula is C13H15N5O3. The van der Waals surface area contributed by atoms with Crippen molar-refractivity contribution in [1.82, 2.24) is 15.2 Å². The summed E-state index contributed by atoms with van der Waals surface area (Å²) in [5.41, 5.74) is 4.37. The number of amides is 1. The number of nitrogens with two attached hydrogens (primary N) is 1. The lowest BCUT2D eigenvalue weighted by Crippen LogP contribution is -2.31. The molecule has 21 heavy (non-hydrogen) atoms. The van der Waals surface area contributed by atoms with Gasteiger partial charge < -0.3 is 10.1 Å². The first kappa shape index (κ1) is 14.7. The lowest BCUT2D eigenvalue weighted by Gasteiger charge is -2.02. The fourth-order valence-electron chi connectivity index (χ4n) is 1.96. The minimum absolute atomic E-state index is 0.133. The monoisotopic (exact) mass is 289 g/mol. The van der Waals surface area contributed by atoms with Crippen molar-refractivity contribution in [3.63, 3.8) is 0 Å². The number of aryl methyl sites for hydroxylation is 1. The number of hydrogen-bond donors (Lipinski definition) is 2. The molecule has 3 N–H and O–H groups in total. The Kier molecular flexibility index (Phi) is 4.29. The van der Waals surface area contributed by atoms with Crippen molar-refractivity contribution in [2.45, 2.75) is 19.9 Å². The fraction of sp³-hybridized carbons (Fsp3) is 0.231. The van der Waals surface area contributed by atoms with Crippen molar-refractivity contribution in [1.29, 1.82) is 0 Å². The summed E-state index contributed by atoms with van der Waals surface area (Å²) in [4.78, 5) is 21.4. The van der Waals surface area contributed by atoms with Crippen LogP contribution in [-0.2, 0) is 17.8 Å². The van der Waals surface area contributed by atoms with E-state index in [9.17, 15) is 14.9 Å². The van der Waals surface area contributed by atoms with Gasteiger partial charge in [-0.2, -0.15) is 4.68 Å². The highest BCUT2D eigenvalue weighted by Gasteiger charge is 2.16. The molecule has 8 heteroatoms. The minimum atomic E-state index is -0.500. The van der Waals surface area contributed by atoms with Gasteiger partial charge in [-0.25, -0.2) is 5.84 Å². The second kappa shape index (κ2) is 6.14. The van der Waals surface area contributed by atoms with Crippen LogP contribution in [0, 0.1) is 17.0 Å². The first-order chi connectivity index (χ1) is 9.99. The highest BCUT2D eigenvalue weighted by molar-refractivity contribution is 5.77. The van der Waals surface area contributed by atoms with Gasteiger partial charge in [0.05, 0.1) is 29.8 Å². The van der Waals surface area contributed by atoms with Crippen LogP contribution in [0.2, 0.25) is 0 Å². The molecule has 1 aromatic heterocycles. The average Bonchev–Trinajstić information content (AvgIpc) is 2.82. The molecule has 2 aromatic rings. The third-order valence-corrected chi connectivity index (χ3v) is 2.98. The SMILES string of the molecule is Cc1cn(Cc2ccc(CC(=O)NN)cc2)nc1[N+](=O)[O-]. The highest BCUT2D eigenvalue weighted by Crippen LogP contribution is 2.15. The second-order valence-electron chi connectivity index (χ2n) is 4.65. The maximum Gasteiger partial charge on any atom is 0.392 e. The van der Waals surface area contributed by atoms with Crippen LogP contribution in [0.5, 0.6) is 0 Å². The first-order valence-electron chi connectivity index (χ1n) is 6.25. The molecule has 0 atom stereocenters. The Bertz CT molecular complexity index is 663. The Hall–Kier alpha value is -2.74. The molecule has 0 aliphatic heterocycles.